The molecule has 0 bridgehead atoms. The van der Waals surface area contributed by atoms with Crippen molar-refractivity contribution in [2.45, 2.75) is 19.5 Å². The third-order valence-corrected chi connectivity index (χ3v) is 3.88. The van der Waals surface area contributed by atoms with Gasteiger partial charge < -0.3 is 10.2 Å². The molecular formula is C16H22F3N3O. The SMILES string of the molecule is CCCN1CCN(CC(=O)Nc2ccccc2C(F)(F)F)CC1. The van der Waals surface area contributed by atoms with Gasteiger partial charge in [-0.3, -0.25) is 9.69 Å². The van der Waals surface area contributed by atoms with E-state index in [9.17, 15) is 18.0 Å². The van der Waals surface area contributed by atoms with Crippen LogP contribution < -0.4 is 5.32 Å². The molecule has 1 N–H and O–H groups in total. The third kappa shape index (κ3) is 5.21. The van der Waals surface area contributed by atoms with E-state index in [-0.39, 0.29) is 12.2 Å². The minimum atomic E-state index is -4.48. The van der Waals surface area contributed by atoms with Crippen molar-refractivity contribution in [3.63, 3.8) is 0 Å². The fourth-order valence-electron chi connectivity index (χ4n) is 2.72. The number of alkyl halides is 3. The molecule has 0 aliphatic carbocycles. The topological polar surface area (TPSA) is 35.6 Å². The number of carbonyl (C=O) groups excluding carboxylic acids is 1. The van der Waals surface area contributed by atoms with E-state index in [2.05, 4.69) is 17.1 Å². The first-order valence-corrected chi connectivity index (χ1v) is 7.81. The van der Waals surface area contributed by atoms with E-state index in [1.165, 1.54) is 18.2 Å². The van der Waals surface area contributed by atoms with Crippen molar-refractivity contribution in [2.75, 3.05) is 44.6 Å². The molecule has 1 aromatic rings. The maximum atomic E-state index is 12.9. The summed E-state index contributed by atoms with van der Waals surface area (Å²) >= 11 is 0. The smallest absolute Gasteiger partial charge is 0.324 e. The number of nitrogens with one attached hydrogen (secondary N) is 1. The fraction of sp³-hybridized carbons (Fsp3) is 0.562. The first-order chi connectivity index (χ1) is 10.9. The number of nitrogens with zero attached hydrogens (tertiary/aromatic N) is 2. The van der Waals surface area contributed by atoms with Crippen molar-refractivity contribution in [3.05, 3.63) is 29.8 Å². The zero-order valence-corrected chi connectivity index (χ0v) is 13.2. The van der Waals surface area contributed by atoms with Gasteiger partial charge in [-0.25, -0.2) is 0 Å². The lowest BCUT2D eigenvalue weighted by molar-refractivity contribution is -0.137. The van der Waals surface area contributed by atoms with Crippen LogP contribution in [0.3, 0.4) is 0 Å². The summed E-state index contributed by atoms with van der Waals surface area (Å²) in [6.45, 7) is 6.58. The van der Waals surface area contributed by atoms with Crippen molar-refractivity contribution in [3.8, 4) is 0 Å². The second kappa shape index (κ2) is 7.79. The van der Waals surface area contributed by atoms with Crippen LogP contribution >= 0.6 is 0 Å². The Morgan fingerprint density at radius 2 is 1.74 bits per heavy atom. The number of benzene rings is 1. The Morgan fingerprint density at radius 3 is 2.35 bits per heavy atom. The number of halogens is 3. The summed E-state index contributed by atoms with van der Waals surface area (Å²) in [6.07, 6.45) is -3.38. The minimum absolute atomic E-state index is 0.117. The molecule has 2 rings (SSSR count). The second-order valence-electron chi connectivity index (χ2n) is 5.71. The lowest BCUT2D eigenvalue weighted by Crippen LogP contribution is -2.48. The van der Waals surface area contributed by atoms with Crippen LogP contribution in [0.2, 0.25) is 0 Å². The molecule has 0 saturated carbocycles. The van der Waals surface area contributed by atoms with Crippen LogP contribution in [0.1, 0.15) is 18.9 Å². The predicted octanol–water partition coefficient (Wildman–Crippen LogP) is 2.67. The molecule has 1 amide bonds. The number of hydrogen-bond acceptors (Lipinski definition) is 3. The second-order valence-corrected chi connectivity index (χ2v) is 5.71. The molecule has 4 nitrogen and oxygen atoms in total. The number of piperazine rings is 1. The lowest BCUT2D eigenvalue weighted by atomic mass is 10.1. The molecule has 7 heteroatoms. The normalized spacial score (nSPS) is 17.2. The lowest BCUT2D eigenvalue weighted by Gasteiger charge is -2.34. The summed E-state index contributed by atoms with van der Waals surface area (Å²) in [6, 6.07) is 5.04. The van der Waals surface area contributed by atoms with Gasteiger partial charge in [-0.1, -0.05) is 19.1 Å². The van der Waals surface area contributed by atoms with Gasteiger partial charge in [0.2, 0.25) is 5.91 Å². The third-order valence-electron chi connectivity index (χ3n) is 3.88. The molecule has 0 atom stereocenters. The standard InChI is InChI=1S/C16H22F3N3O/c1-2-7-21-8-10-22(11-9-21)12-15(23)20-14-6-4-3-5-13(14)16(17,18)19/h3-6H,2,7-12H2,1H3,(H,20,23). The van der Waals surface area contributed by atoms with E-state index in [1.54, 1.807) is 0 Å². The van der Waals surface area contributed by atoms with Gasteiger partial charge in [0.05, 0.1) is 17.8 Å². The first-order valence-electron chi connectivity index (χ1n) is 7.81. The Balaban J connectivity index is 1.89. The largest absolute Gasteiger partial charge is 0.418 e. The molecule has 0 aromatic heterocycles. The molecule has 1 aliphatic heterocycles. The molecule has 0 unspecified atom stereocenters. The van der Waals surface area contributed by atoms with Crippen molar-refractivity contribution >= 4 is 11.6 Å². The van der Waals surface area contributed by atoms with Gasteiger partial charge in [-0.05, 0) is 25.1 Å². The zero-order valence-electron chi connectivity index (χ0n) is 13.2. The Hall–Kier alpha value is -1.60. The summed E-state index contributed by atoms with van der Waals surface area (Å²) in [5, 5.41) is 2.39. The van der Waals surface area contributed by atoms with E-state index in [0.717, 1.165) is 45.2 Å². The van der Waals surface area contributed by atoms with Crippen LogP contribution in [0.4, 0.5) is 18.9 Å². The monoisotopic (exact) mass is 329 g/mol. The van der Waals surface area contributed by atoms with Crippen molar-refractivity contribution < 1.29 is 18.0 Å². The van der Waals surface area contributed by atoms with Crippen LogP contribution in [-0.4, -0.2) is 55.0 Å². The van der Waals surface area contributed by atoms with Gasteiger partial charge in [0.15, 0.2) is 0 Å². The highest BCUT2D eigenvalue weighted by Crippen LogP contribution is 2.34. The molecule has 128 valence electrons. The summed E-state index contributed by atoms with van der Waals surface area (Å²) in [5.74, 6) is -0.411. The number of anilines is 1. The highest BCUT2D eigenvalue weighted by Gasteiger charge is 2.33. The molecule has 1 heterocycles. The van der Waals surface area contributed by atoms with Crippen molar-refractivity contribution in [1.82, 2.24) is 9.80 Å². The Morgan fingerprint density at radius 1 is 1.13 bits per heavy atom. The highest BCUT2D eigenvalue weighted by molar-refractivity contribution is 5.93. The van der Waals surface area contributed by atoms with E-state index in [4.69, 9.17) is 0 Å². The highest BCUT2D eigenvalue weighted by atomic mass is 19.4. The number of carbonyl (C=O) groups is 1. The Kier molecular flexibility index (Phi) is 6.01. The van der Waals surface area contributed by atoms with Crippen LogP contribution in [0.5, 0.6) is 0 Å². The molecule has 1 aromatic carbocycles. The minimum Gasteiger partial charge on any atom is -0.324 e. The van der Waals surface area contributed by atoms with Crippen LogP contribution in [-0.2, 0) is 11.0 Å². The van der Waals surface area contributed by atoms with E-state index >= 15 is 0 Å². The van der Waals surface area contributed by atoms with Crippen molar-refractivity contribution in [2.24, 2.45) is 0 Å². The van der Waals surface area contributed by atoms with Gasteiger partial charge in [0.25, 0.3) is 0 Å². The van der Waals surface area contributed by atoms with Crippen molar-refractivity contribution in [1.29, 1.82) is 0 Å². The molecular weight excluding hydrogens is 307 g/mol. The number of rotatable bonds is 5. The maximum Gasteiger partial charge on any atom is 0.418 e. The Bertz CT molecular complexity index is 526. The molecule has 0 radical (unpaired) electrons. The quantitative estimate of drug-likeness (QED) is 0.902. The Labute approximate surface area is 134 Å². The average Bonchev–Trinajstić information content (AvgIpc) is 2.49. The maximum absolute atomic E-state index is 12.9. The van der Waals surface area contributed by atoms with Gasteiger partial charge in [0, 0.05) is 26.2 Å². The van der Waals surface area contributed by atoms with Crippen LogP contribution in [0.15, 0.2) is 24.3 Å². The van der Waals surface area contributed by atoms with Crippen LogP contribution in [0, 0.1) is 0 Å². The molecule has 1 saturated heterocycles. The molecule has 1 aliphatic rings. The van der Waals surface area contributed by atoms with E-state index in [1.807, 2.05) is 4.90 Å². The zero-order chi connectivity index (χ0) is 16.9. The van der Waals surface area contributed by atoms with Crippen LogP contribution in [0.25, 0.3) is 0 Å². The number of para-hydroxylation sites is 1. The number of amides is 1. The molecule has 0 spiro atoms. The van der Waals surface area contributed by atoms with Gasteiger partial charge in [-0.2, -0.15) is 13.2 Å². The number of hydrogen-bond donors (Lipinski definition) is 1. The summed E-state index contributed by atoms with van der Waals surface area (Å²) in [7, 11) is 0. The average molecular weight is 329 g/mol. The first kappa shape index (κ1) is 17.7. The predicted molar refractivity (Wildman–Crippen MR) is 83.2 cm³/mol. The summed E-state index contributed by atoms with van der Waals surface area (Å²) in [4.78, 5) is 16.3. The van der Waals surface area contributed by atoms with Gasteiger partial charge in [0.1, 0.15) is 0 Å². The summed E-state index contributed by atoms with van der Waals surface area (Å²) in [5.41, 5.74) is -1.00. The molecule has 1 fully saturated rings. The van der Waals surface area contributed by atoms with E-state index < -0.39 is 17.6 Å². The summed E-state index contributed by atoms with van der Waals surface area (Å²) < 4.78 is 38.7. The van der Waals surface area contributed by atoms with Gasteiger partial charge in [-0.15, -0.1) is 0 Å². The molecule has 23 heavy (non-hydrogen) atoms. The van der Waals surface area contributed by atoms with Gasteiger partial charge >= 0.3 is 6.18 Å². The fourth-order valence-corrected chi connectivity index (χ4v) is 2.72. The van der Waals surface area contributed by atoms with E-state index in [0.29, 0.717) is 0 Å².